The largest absolute Gasteiger partial charge is 0.459 e. The number of rotatable bonds is 4. The number of nitrogens with zero attached hydrogens (tertiary/aromatic N) is 4. The third kappa shape index (κ3) is 2.74. The van der Waals surface area contributed by atoms with Crippen LogP contribution in [0.15, 0.2) is 71.7 Å². The summed E-state index contributed by atoms with van der Waals surface area (Å²) in [5.74, 6) is 0.849. The monoisotopic (exact) mass is 304 g/mol. The SMILES string of the molecule is c1ccc(C(Oc2cc3cccnc3cn2)c2nnco2)cc1. The molecule has 3 heterocycles. The Morgan fingerprint density at radius 3 is 2.74 bits per heavy atom. The normalized spacial score (nSPS) is 12.2. The van der Waals surface area contributed by atoms with E-state index in [4.69, 9.17) is 9.15 Å². The Labute approximate surface area is 131 Å². The van der Waals surface area contributed by atoms with E-state index in [9.17, 15) is 0 Å². The summed E-state index contributed by atoms with van der Waals surface area (Å²) in [6, 6.07) is 15.4. The van der Waals surface area contributed by atoms with Gasteiger partial charge in [-0.25, -0.2) is 4.98 Å². The molecule has 6 heteroatoms. The molecule has 0 aliphatic carbocycles. The van der Waals surface area contributed by atoms with E-state index in [1.807, 2.05) is 48.5 Å². The summed E-state index contributed by atoms with van der Waals surface area (Å²) in [5.41, 5.74) is 1.72. The molecule has 4 rings (SSSR count). The van der Waals surface area contributed by atoms with Crippen molar-refractivity contribution in [1.82, 2.24) is 20.2 Å². The van der Waals surface area contributed by atoms with E-state index in [1.54, 1.807) is 12.4 Å². The van der Waals surface area contributed by atoms with Crippen molar-refractivity contribution in [3.05, 3.63) is 78.8 Å². The van der Waals surface area contributed by atoms with Crippen molar-refractivity contribution < 1.29 is 9.15 Å². The molecule has 1 unspecified atom stereocenters. The van der Waals surface area contributed by atoms with Crippen LogP contribution in [0.1, 0.15) is 17.6 Å². The lowest BCUT2D eigenvalue weighted by molar-refractivity contribution is 0.200. The minimum absolute atomic E-state index is 0.379. The minimum Gasteiger partial charge on any atom is -0.459 e. The van der Waals surface area contributed by atoms with E-state index in [-0.39, 0.29) is 0 Å². The molecule has 0 aliphatic rings. The number of hydrogen-bond donors (Lipinski definition) is 0. The molecule has 1 aromatic carbocycles. The fourth-order valence-corrected chi connectivity index (χ4v) is 2.32. The average molecular weight is 304 g/mol. The van der Waals surface area contributed by atoms with Crippen molar-refractivity contribution in [2.45, 2.75) is 6.10 Å². The molecule has 0 amide bonds. The summed E-state index contributed by atoms with van der Waals surface area (Å²) in [6.45, 7) is 0. The topological polar surface area (TPSA) is 73.9 Å². The summed E-state index contributed by atoms with van der Waals surface area (Å²) >= 11 is 0. The first-order chi connectivity index (χ1) is 11.4. The lowest BCUT2D eigenvalue weighted by atomic mass is 10.1. The number of hydrogen-bond acceptors (Lipinski definition) is 6. The Hall–Kier alpha value is -3.28. The molecule has 0 spiro atoms. The lowest BCUT2D eigenvalue weighted by Gasteiger charge is -2.15. The highest BCUT2D eigenvalue weighted by Gasteiger charge is 2.22. The molecule has 1 atom stereocenters. The molecular weight excluding hydrogens is 292 g/mol. The van der Waals surface area contributed by atoms with Gasteiger partial charge in [-0.15, -0.1) is 10.2 Å². The van der Waals surface area contributed by atoms with Gasteiger partial charge in [0, 0.05) is 23.2 Å². The second-order valence-electron chi connectivity index (χ2n) is 4.90. The number of pyridine rings is 2. The van der Waals surface area contributed by atoms with Gasteiger partial charge in [0.15, 0.2) is 0 Å². The summed E-state index contributed by atoms with van der Waals surface area (Å²) in [6.07, 6.45) is 4.18. The lowest BCUT2D eigenvalue weighted by Crippen LogP contribution is -2.10. The third-order valence-electron chi connectivity index (χ3n) is 3.41. The zero-order valence-corrected chi connectivity index (χ0v) is 12.0. The number of fused-ring (bicyclic) bond motifs is 1. The molecule has 6 nitrogen and oxygen atoms in total. The minimum atomic E-state index is -0.514. The van der Waals surface area contributed by atoms with Crippen molar-refractivity contribution in [3.63, 3.8) is 0 Å². The maximum atomic E-state index is 6.02. The molecule has 0 saturated carbocycles. The summed E-state index contributed by atoms with van der Waals surface area (Å²) in [5, 5.41) is 8.66. The molecule has 0 N–H and O–H groups in total. The highest BCUT2D eigenvalue weighted by atomic mass is 16.5. The highest BCUT2D eigenvalue weighted by molar-refractivity contribution is 5.78. The molecule has 0 aliphatic heterocycles. The van der Waals surface area contributed by atoms with Gasteiger partial charge >= 0.3 is 0 Å². The molecule has 0 radical (unpaired) electrons. The van der Waals surface area contributed by atoms with Gasteiger partial charge in [-0.3, -0.25) is 4.98 Å². The molecule has 112 valence electrons. The van der Waals surface area contributed by atoms with Gasteiger partial charge in [-0.05, 0) is 6.07 Å². The average Bonchev–Trinajstić information content (AvgIpc) is 3.14. The van der Waals surface area contributed by atoms with Crippen molar-refractivity contribution >= 4 is 10.9 Å². The van der Waals surface area contributed by atoms with Crippen LogP contribution >= 0.6 is 0 Å². The van der Waals surface area contributed by atoms with Gasteiger partial charge in [-0.2, -0.15) is 0 Å². The van der Waals surface area contributed by atoms with Crippen molar-refractivity contribution in [1.29, 1.82) is 0 Å². The summed E-state index contributed by atoms with van der Waals surface area (Å²) in [4.78, 5) is 8.56. The fourth-order valence-electron chi connectivity index (χ4n) is 2.32. The second kappa shape index (κ2) is 5.84. The number of aromatic nitrogens is 4. The molecule has 0 bridgehead atoms. The summed E-state index contributed by atoms with van der Waals surface area (Å²) in [7, 11) is 0. The quantitative estimate of drug-likeness (QED) is 0.576. The predicted molar refractivity (Wildman–Crippen MR) is 82.7 cm³/mol. The van der Waals surface area contributed by atoms with Gasteiger partial charge in [0.2, 0.25) is 18.4 Å². The van der Waals surface area contributed by atoms with Crippen molar-refractivity contribution in [3.8, 4) is 5.88 Å². The van der Waals surface area contributed by atoms with Crippen molar-refractivity contribution in [2.75, 3.05) is 0 Å². The molecule has 0 saturated heterocycles. The van der Waals surface area contributed by atoms with Crippen LogP contribution in [0.4, 0.5) is 0 Å². The maximum absolute atomic E-state index is 6.02. The summed E-state index contributed by atoms with van der Waals surface area (Å²) < 4.78 is 11.3. The Morgan fingerprint density at radius 1 is 1.00 bits per heavy atom. The first-order valence-corrected chi connectivity index (χ1v) is 7.08. The zero-order chi connectivity index (χ0) is 15.5. The van der Waals surface area contributed by atoms with Gasteiger partial charge in [0.1, 0.15) is 0 Å². The van der Waals surface area contributed by atoms with Crippen LogP contribution in [-0.2, 0) is 0 Å². The Bertz CT molecular complexity index is 910. The van der Waals surface area contributed by atoms with Crippen LogP contribution in [0, 0.1) is 0 Å². The predicted octanol–water partition coefficient (Wildman–Crippen LogP) is 3.18. The van der Waals surface area contributed by atoms with Crippen LogP contribution in [0.5, 0.6) is 5.88 Å². The fraction of sp³-hybridized carbons (Fsp3) is 0.0588. The van der Waals surface area contributed by atoms with E-state index in [1.165, 1.54) is 6.39 Å². The van der Waals surface area contributed by atoms with Crippen molar-refractivity contribution in [2.24, 2.45) is 0 Å². The number of ether oxygens (including phenoxy) is 1. The Kier molecular flexibility index (Phi) is 3.40. The highest BCUT2D eigenvalue weighted by Crippen LogP contribution is 2.27. The van der Waals surface area contributed by atoms with Crippen LogP contribution in [0.3, 0.4) is 0 Å². The van der Waals surface area contributed by atoms with Crippen LogP contribution in [-0.4, -0.2) is 20.2 Å². The Balaban J connectivity index is 1.72. The van der Waals surface area contributed by atoms with Crippen LogP contribution in [0.2, 0.25) is 0 Å². The van der Waals surface area contributed by atoms with E-state index in [2.05, 4.69) is 20.2 Å². The maximum Gasteiger partial charge on any atom is 0.261 e. The molecule has 4 aromatic rings. The van der Waals surface area contributed by atoms with Gasteiger partial charge in [0.25, 0.3) is 5.89 Å². The van der Waals surface area contributed by atoms with E-state index in [0.717, 1.165) is 16.5 Å². The first-order valence-electron chi connectivity index (χ1n) is 7.08. The van der Waals surface area contributed by atoms with E-state index >= 15 is 0 Å². The van der Waals surface area contributed by atoms with Gasteiger partial charge < -0.3 is 9.15 Å². The number of benzene rings is 1. The Morgan fingerprint density at radius 2 is 1.91 bits per heavy atom. The first kappa shape index (κ1) is 13.4. The molecule has 3 aromatic heterocycles. The molecular formula is C17H12N4O2. The molecule has 23 heavy (non-hydrogen) atoms. The zero-order valence-electron chi connectivity index (χ0n) is 12.0. The van der Waals surface area contributed by atoms with E-state index < -0.39 is 6.10 Å². The van der Waals surface area contributed by atoms with Crippen LogP contribution in [0.25, 0.3) is 10.9 Å². The van der Waals surface area contributed by atoms with E-state index in [0.29, 0.717) is 11.8 Å². The van der Waals surface area contributed by atoms with Crippen LogP contribution < -0.4 is 4.74 Å². The third-order valence-corrected chi connectivity index (χ3v) is 3.41. The second-order valence-corrected chi connectivity index (χ2v) is 4.90. The standard InChI is InChI=1S/C17H12N4O2/c1-2-5-12(6-3-1)16(17-21-20-11-22-17)23-15-9-13-7-4-8-18-14(13)10-19-15/h1-11,16H. The van der Waals surface area contributed by atoms with Gasteiger partial charge in [-0.1, -0.05) is 36.4 Å². The molecule has 0 fully saturated rings. The van der Waals surface area contributed by atoms with Gasteiger partial charge in [0.05, 0.1) is 11.7 Å². The smallest absolute Gasteiger partial charge is 0.261 e.